The predicted molar refractivity (Wildman–Crippen MR) is 74.2 cm³/mol. The maximum absolute atomic E-state index is 12.4. The maximum Gasteiger partial charge on any atom is 0.411 e. The van der Waals surface area contributed by atoms with Gasteiger partial charge < -0.3 is 9.47 Å². The van der Waals surface area contributed by atoms with Crippen molar-refractivity contribution in [2.75, 3.05) is 6.61 Å². The molecule has 1 aliphatic heterocycles. The first kappa shape index (κ1) is 15.1. The van der Waals surface area contributed by atoms with Crippen molar-refractivity contribution >= 4 is 12.1 Å². The van der Waals surface area contributed by atoms with Crippen LogP contribution in [-0.4, -0.2) is 41.3 Å². The minimum Gasteiger partial charge on any atom is -0.464 e. The number of ether oxygens (including phenoxy) is 2. The third-order valence-electron chi connectivity index (χ3n) is 4.29. The molecular formula is C15H25NO4. The zero-order chi connectivity index (χ0) is 15.1. The first-order chi connectivity index (χ1) is 9.24. The number of rotatable bonds is 3. The topological polar surface area (TPSA) is 55.8 Å². The van der Waals surface area contributed by atoms with E-state index in [4.69, 9.17) is 9.47 Å². The summed E-state index contributed by atoms with van der Waals surface area (Å²) in [7, 11) is 0. The summed E-state index contributed by atoms with van der Waals surface area (Å²) in [6.07, 6.45) is 2.26. The fraction of sp³-hybridized carbons (Fsp3) is 0.867. The van der Waals surface area contributed by atoms with Crippen molar-refractivity contribution in [1.82, 2.24) is 4.90 Å². The molecule has 3 atom stereocenters. The molecule has 5 nitrogen and oxygen atoms in total. The molecule has 0 aromatic rings. The highest BCUT2D eigenvalue weighted by Gasteiger charge is 2.67. The molecule has 20 heavy (non-hydrogen) atoms. The lowest BCUT2D eigenvalue weighted by molar-refractivity contribution is -0.149. The first-order valence-electron chi connectivity index (χ1n) is 7.42. The van der Waals surface area contributed by atoms with Gasteiger partial charge in [-0.3, -0.25) is 4.90 Å². The number of piperidine rings is 1. The molecule has 0 aromatic heterocycles. The van der Waals surface area contributed by atoms with Gasteiger partial charge in [-0.1, -0.05) is 6.92 Å². The number of esters is 1. The number of carbonyl (C=O) groups is 2. The van der Waals surface area contributed by atoms with Gasteiger partial charge in [0.1, 0.15) is 11.6 Å². The normalized spacial score (nSPS) is 31.8. The van der Waals surface area contributed by atoms with E-state index in [9.17, 15) is 9.59 Å². The van der Waals surface area contributed by atoms with Gasteiger partial charge >= 0.3 is 12.1 Å². The molecule has 2 aliphatic rings. The van der Waals surface area contributed by atoms with E-state index in [1.165, 1.54) is 0 Å². The van der Waals surface area contributed by atoms with Crippen molar-refractivity contribution in [3.63, 3.8) is 0 Å². The molecule has 114 valence electrons. The van der Waals surface area contributed by atoms with Crippen LogP contribution in [0.25, 0.3) is 0 Å². The standard InChI is InChI=1S/C15H25NO4/c1-6-15-8-10(12(17)19-7-2)16(11(15)9-15)13(18)20-14(3,4)5/h10-11H,6-9H2,1-5H3/t10-,11?,15?/m0/s1. The van der Waals surface area contributed by atoms with Gasteiger partial charge in [-0.2, -0.15) is 0 Å². The molecule has 1 amide bonds. The molecule has 0 bridgehead atoms. The van der Waals surface area contributed by atoms with Gasteiger partial charge in [0, 0.05) is 6.04 Å². The van der Waals surface area contributed by atoms with Crippen LogP contribution in [0.15, 0.2) is 0 Å². The Morgan fingerprint density at radius 1 is 1.25 bits per heavy atom. The average Bonchev–Trinajstić information content (AvgIpc) is 2.93. The fourth-order valence-electron chi connectivity index (χ4n) is 3.17. The van der Waals surface area contributed by atoms with Crippen LogP contribution in [0.5, 0.6) is 0 Å². The molecule has 1 saturated carbocycles. The van der Waals surface area contributed by atoms with Gasteiger partial charge in [-0.15, -0.1) is 0 Å². The molecule has 0 radical (unpaired) electrons. The third kappa shape index (κ3) is 2.63. The van der Waals surface area contributed by atoms with Crippen molar-refractivity contribution in [2.45, 2.75) is 71.6 Å². The van der Waals surface area contributed by atoms with Gasteiger partial charge in [0.25, 0.3) is 0 Å². The van der Waals surface area contributed by atoms with E-state index in [1.54, 1.807) is 11.8 Å². The third-order valence-corrected chi connectivity index (χ3v) is 4.29. The zero-order valence-electron chi connectivity index (χ0n) is 13.1. The van der Waals surface area contributed by atoms with Crippen LogP contribution in [-0.2, 0) is 14.3 Å². The van der Waals surface area contributed by atoms with Crippen LogP contribution in [0, 0.1) is 5.41 Å². The summed E-state index contributed by atoms with van der Waals surface area (Å²) in [5.74, 6) is -0.307. The van der Waals surface area contributed by atoms with E-state index in [2.05, 4.69) is 6.92 Å². The van der Waals surface area contributed by atoms with E-state index in [1.807, 2.05) is 20.8 Å². The monoisotopic (exact) mass is 283 g/mol. The number of hydrogen-bond acceptors (Lipinski definition) is 4. The molecule has 0 aromatic carbocycles. The van der Waals surface area contributed by atoms with E-state index in [0.717, 1.165) is 12.8 Å². The van der Waals surface area contributed by atoms with Crippen LogP contribution in [0.4, 0.5) is 4.79 Å². The number of likely N-dealkylation sites (tertiary alicyclic amines) is 1. The largest absolute Gasteiger partial charge is 0.464 e. The number of hydrogen-bond donors (Lipinski definition) is 0. The average molecular weight is 283 g/mol. The Hall–Kier alpha value is -1.26. The van der Waals surface area contributed by atoms with Crippen LogP contribution in [0.1, 0.15) is 53.9 Å². The highest BCUT2D eigenvalue weighted by Crippen LogP contribution is 2.61. The number of nitrogens with zero attached hydrogens (tertiary/aromatic N) is 1. The Morgan fingerprint density at radius 2 is 1.90 bits per heavy atom. The molecular weight excluding hydrogens is 258 g/mol. The summed E-state index contributed by atoms with van der Waals surface area (Å²) in [5, 5.41) is 0. The second kappa shape index (κ2) is 4.93. The number of fused-ring (bicyclic) bond motifs is 1. The highest BCUT2D eigenvalue weighted by molar-refractivity contribution is 5.83. The lowest BCUT2D eigenvalue weighted by atomic mass is 9.97. The SMILES string of the molecule is CCOC(=O)[C@@H]1CC2(CC)CC2N1C(=O)OC(C)(C)C. The molecule has 0 spiro atoms. The molecule has 2 rings (SSSR count). The van der Waals surface area contributed by atoms with Crippen molar-refractivity contribution in [2.24, 2.45) is 5.41 Å². The summed E-state index contributed by atoms with van der Waals surface area (Å²) in [6.45, 7) is 9.73. The Labute approximate surface area is 120 Å². The Bertz CT molecular complexity index is 415. The summed E-state index contributed by atoms with van der Waals surface area (Å²) >= 11 is 0. The molecule has 1 heterocycles. The molecule has 1 aliphatic carbocycles. The molecule has 0 N–H and O–H groups in total. The minimum atomic E-state index is -0.553. The summed E-state index contributed by atoms with van der Waals surface area (Å²) < 4.78 is 10.6. The summed E-state index contributed by atoms with van der Waals surface area (Å²) in [5.41, 5.74) is -0.447. The molecule has 2 fully saturated rings. The van der Waals surface area contributed by atoms with Crippen LogP contribution in [0.3, 0.4) is 0 Å². The fourth-order valence-corrected chi connectivity index (χ4v) is 3.17. The Morgan fingerprint density at radius 3 is 2.40 bits per heavy atom. The molecule has 5 heteroatoms. The van der Waals surface area contributed by atoms with Gasteiger partial charge in [0.15, 0.2) is 0 Å². The lowest BCUT2D eigenvalue weighted by Gasteiger charge is -2.29. The predicted octanol–water partition coefficient (Wildman–Crippen LogP) is 2.73. The van der Waals surface area contributed by atoms with Gasteiger partial charge in [-0.25, -0.2) is 9.59 Å². The second-order valence-corrected chi connectivity index (χ2v) is 6.80. The van der Waals surface area contributed by atoms with Crippen LogP contribution >= 0.6 is 0 Å². The Balaban J connectivity index is 2.15. The van der Waals surface area contributed by atoms with Crippen molar-refractivity contribution in [1.29, 1.82) is 0 Å². The van der Waals surface area contributed by atoms with Crippen LogP contribution < -0.4 is 0 Å². The van der Waals surface area contributed by atoms with Crippen molar-refractivity contribution in [3.05, 3.63) is 0 Å². The maximum atomic E-state index is 12.4. The van der Waals surface area contributed by atoms with E-state index >= 15 is 0 Å². The summed E-state index contributed by atoms with van der Waals surface area (Å²) in [4.78, 5) is 26.1. The first-order valence-corrected chi connectivity index (χ1v) is 7.42. The molecule has 2 unspecified atom stereocenters. The van der Waals surface area contributed by atoms with Gasteiger partial charge in [0.05, 0.1) is 6.61 Å². The smallest absolute Gasteiger partial charge is 0.411 e. The van der Waals surface area contributed by atoms with Crippen molar-refractivity contribution in [3.8, 4) is 0 Å². The molecule has 1 saturated heterocycles. The van der Waals surface area contributed by atoms with Gasteiger partial charge in [-0.05, 0) is 52.4 Å². The highest BCUT2D eigenvalue weighted by atomic mass is 16.6. The number of carbonyl (C=O) groups excluding carboxylic acids is 2. The van der Waals surface area contributed by atoms with E-state index in [0.29, 0.717) is 13.0 Å². The Kier molecular flexibility index (Phi) is 3.73. The van der Waals surface area contributed by atoms with E-state index < -0.39 is 17.7 Å². The zero-order valence-corrected chi connectivity index (χ0v) is 13.1. The minimum absolute atomic E-state index is 0.105. The quantitative estimate of drug-likeness (QED) is 0.747. The van der Waals surface area contributed by atoms with Gasteiger partial charge in [0.2, 0.25) is 0 Å². The van der Waals surface area contributed by atoms with Crippen LogP contribution in [0.2, 0.25) is 0 Å². The lowest BCUT2D eigenvalue weighted by Crippen LogP contribution is -2.46. The summed E-state index contributed by atoms with van der Waals surface area (Å²) in [6, 6.07) is -0.347. The second-order valence-electron chi connectivity index (χ2n) is 6.80. The van der Waals surface area contributed by atoms with E-state index in [-0.39, 0.29) is 17.4 Å². The van der Waals surface area contributed by atoms with Crippen molar-refractivity contribution < 1.29 is 19.1 Å². The number of amides is 1.